The number of aromatic amines is 1. The van der Waals surface area contributed by atoms with Gasteiger partial charge in [-0.2, -0.15) is 0 Å². The highest BCUT2D eigenvalue weighted by Gasteiger charge is 2.17. The number of carbonyl (C=O) groups excluding carboxylic acids is 2. The van der Waals surface area contributed by atoms with Gasteiger partial charge in [-0.1, -0.05) is 13.8 Å². The van der Waals surface area contributed by atoms with E-state index in [4.69, 9.17) is 0 Å². The molecule has 0 bridgehead atoms. The van der Waals surface area contributed by atoms with Crippen LogP contribution < -0.4 is 5.32 Å². The Balaban J connectivity index is 2.70. The zero-order valence-electron chi connectivity index (χ0n) is 10.8. The lowest BCUT2D eigenvalue weighted by Crippen LogP contribution is -2.34. The Bertz CT molecular complexity index is 407. The average molecular weight is 236 g/mol. The molecule has 1 amide bonds. The fourth-order valence-electron chi connectivity index (χ4n) is 1.84. The van der Waals surface area contributed by atoms with Crippen LogP contribution in [0, 0.1) is 0 Å². The smallest absolute Gasteiger partial charge is 0.253 e. The van der Waals surface area contributed by atoms with Gasteiger partial charge in [0.25, 0.3) is 5.91 Å². The predicted octanol–water partition coefficient (Wildman–Crippen LogP) is 2.24. The first-order valence-corrected chi connectivity index (χ1v) is 5.89. The minimum atomic E-state index is -0.130. The van der Waals surface area contributed by atoms with Crippen LogP contribution >= 0.6 is 0 Å². The molecule has 1 aromatic heterocycles. The number of rotatable bonds is 5. The van der Waals surface area contributed by atoms with E-state index in [1.165, 1.54) is 6.92 Å². The van der Waals surface area contributed by atoms with Crippen molar-refractivity contribution < 1.29 is 9.59 Å². The lowest BCUT2D eigenvalue weighted by atomic mass is 10.1. The van der Waals surface area contributed by atoms with Crippen molar-refractivity contribution in [2.75, 3.05) is 0 Å². The molecule has 0 saturated heterocycles. The summed E-state index contributed by atoms with van der Waals surface area (Å²) in [6, 6.07) is 1.64. The van der Waals surface area contributed by atoms with Gasteiger partial charge in [0.2, 0.25) is 0 Å². The summed E-state index contributed by atoms with van der Waals surface area (Å²) in [6.07, 6.45) is 2.13. The molecule has 0 radical (unpaired) electrons. The Kier molecular flexibility index (Phi) is 4.49. The number of hydrogen-bond acceptors (Lipinski definition) is 2. The standard InChI is InChI=1S/C13H20N2O2/c1-8(2)12-11(5-6-14-12)13(17)15-9(3)7-10(4)16/h5-6,8-9,14H,7H2,1-4H3,(H,15,17). The molecular formula is C13H20N2O2. The number of H-pyrrole nitrogens is 1. The van der Waals surface area contributed by atoms with Crippen LogP contribution in [0.4, 0.5) is 0 Å². The first-order valence-electron chi connectivity index (χ1n) is 5.89. The number of amides is 1. The third kappa shape index (κ3) is 3.73. The van der Waals surface area contributed by atoms with Gasteiger partial charge in [-0.15, -0.1) is 0 Å². The maximum atomic E-state index is 12.0. The summed E-state index contributed by atoms with van der Waals surface area (Å²) >= 11 is 0. The van der Waals surface area contributed by atoms with E-state index in [1.807, 2.05) is 20.8 Å². The second kappa shape index (κ2) is 5.66. The Labute approximate surface area is 102 Å². The molecule has 2 N–H and O–H groups in total. The topological polar surface area (TPSA) is 62.0 Å². The van der Waals surface area contributed by atoms with Crippen LogP contribution in [0.25, 0.3) is 0 Å². The third-order valence-electron chi connectivity index (χ3n) is 2.57. The molecule has 0 aliphatic heterocycles. The van der Waals surface area contributed by atoms with Gasteiger partial charge in [0.1, 0.15) is 5.78 Å². The van der Waals surface area contributed by atoms with Crippen LogP contribution in [0.5, 0.6) is 0 Å². The molecule has 0 aromatic carbocycles. The second-order valence-corrected chi connectivity index (χ2v) is 4.74. The van der Waals surface area contributed by atoms with E-state index in [0.717, 1.165) is 5.69 Å². The highest BCUT2D eigenvalue weighted by atomic mass is 16.2. The van der Waals surface area contributed by atoms with Crippen LogP contribution in [0.2, 0.25) is 0 Å². The fraction of sp³-hybridized carbons (Fsp3) is 0.538. The minimum absolute atomic E-state index is 0.0796. The molecule has 0 spiro atoms. The van der Waals surface area contributed by atoms with Crippen molar-refractivity contribution in [2.24, 2.45) is 0 Å². The summed E-state index contributed by atoms with van der Waals surface area (Å²) < 4.78 is 0. The fourth-order valence-corrected chi connectivity index (χ4v) is 1.84. The lowest BCUT2D eigenvalue weighted by Gasteiger charge is -2.13. The molecule has 1 unspecified atom stereocenters. The van der Waals surface area contributed by atoms with Crippen molar-refractivity contribution in [3.63, 3.8) is 0 Å². The summed E-state index contributed by atoms with van der Waals surface area (Å²) in [6.45, 7) is 7.42. The highest BCUT2D eigenvalue weighted by molar-refractivity contribution is 5.96. The zero-order chi connectivity index (χ0) is 13.0. The lowest BCUT2D eigenvalue weighted by molar-refractivity contribution is -0.117. The molecule has 17 heavy (non-hydrogen) atoms. The Morgan fingerprint density at radius 2 is 2.00 bits per heavy atom. The van der Waals surface area contributed by atoms with Gasteiger partial charge in [-0.3, -0.25) is 9.59 Å². The molecule has 1 rings (SSSR count). The van der Waals surface area contributed by atoms with Gasteiger partial charge in [-0.05, 0) is 25.8 Å². The molecule has 1 heterocycles. The van der Waals surface area contributed by atoms with Crippen LogP contribution in [0.1, 0.15) is 56.1 Å². The summed E-state index contributed by atoms with van der Waals surface area (Å²) in [5, 5.41) is 2.83. The average Bonchev–Trinajstić information content (AvgIpc) is 2.63. The highest BCUT2D eigenvalue weighted by Crippen LogP contribution is 2.17. The maximum absolute atomic E-state index is 12.0. The number of carbonyl (C=O) groups is 2. The molecule has 4 heteroatoms. The SMILES string of the molecule is CC(=O)CC(C)NC(=O)c1cc[nH]c1C(C)C. The number of hydrogen-bond donors (Lipinski definition) is 2. The van der Waals surface area contributed by atoms with Gasteiger partial charge in [0.15, 0.2) is 0 Å². The number of Topliss-reactive ketones (excluding diaryl/α,β-unsaturated/α-hetero) is 1. The van der Waals surface area contributed by atoms with E-state index in [9.17, 15) is 9.59 Å². The van der Waals surface area contributed by atoms with Gasteiger partial charge in [0.05, 0.1) is 5.56 Å². The van der Waals surface area contributed by atoms with Gasteiger partial charge < -0.3 is 10.3 Å². The second-order valence-electron chi connectivity index (χ2n) is 4.74. The van der Waals surface area contributed by atoms with Gasteiger partial charge in [-0.25, -0.2) is 0 Å². The predicted molar refractivity (Wildman–Crippen MR) is 67.1 cm³/mol. The molecule has 1 atom stereocenters. The molecule has 4 nitrogen and oxygen atoms in total. The monoisotopic (exact) mass is 236 g/mol. The zero-order valence-corrected chi connectivity index (χ0v) is 10.8. The van der Waals surface area contributed by atoms with E-state index in [0.29, 0.717) is 12.0 Å². The van der Waals surface area contributed by atoms with Crippen molar-refractivity contribution in [1.82, 2.24) is 10.3 Å². The Hall–Kier alpha value is -1.58. The summed E-state index contributed by atoms with van der Waals surface area (Å²) in [5.41, 5.74) is 1.59. The summed E-state index contributed by atoms with van der Waals surface area (Å²) in [5.74, 6) is 0.230. The molecule has 0 aliphatic carbocycles. The number of ketones is 1. The van der Waals surface area contributed by atoms with E-state index < -0.39 is 0 Å². The third-order valence-corrected chi connectivity index (χ3v) is 2.57. The van der Waals surface area contributed by atoms with Gasteiger partial charge in [0, 0.05) is 24.4 Å². The maximum Gasteiger partial charge on any atom is 0.253 e. The van der Waals surface area contributed by atoms with E-state index in [2.05, 4.69) is 10.3 Å². The van der Waals surface area contributed by atoms with Crippen LogP contribution in [0.3, 0.4) is 0 Å². The molecule has 0 saturated carbocycles. The Morgan fingerprint density at radius 3 is 2.53 bits per heavy atom. The van der Waals surface area contributed by atoms with E-state index >= 15 is 0 Å². The summed E-state index contributed by atoms with van der Waals surface area (Å²) in [4.78, 5) is 26.0. The first-order chi connectivity index (χ1) is 7.91. The molecule has 94 valence electrons. The Morgan fingerprint density at radius 1 is 1.35 bits per heavy atom. The van der Waals surface area contributed by atoms with Gasteiger partial charge >= 0.3 is 0 Å². The molecular weight excluding hydrogens is 216 g/mol. The number of nitrogens with one attached hydrogen (secondary N) is 2. The number of aromatic nitrogens is 1. The van der Waals surface area contributed by atoms with Crippen LogP contribution in [0.15, 0.2) is 12.3 Å². The quantitative estimate of drug-likeness (QED) is 0.823. The van der Waals surface area contributed by atoms with Crippen molar-refractivity contribution >= 4 is 11.7 Å². The van der Waals surface area contributed by atoms with Crippen molar-refractivity contribution in [2.45, 2.75) is 46.1 Å². The molecule has 1 aromatic rings. The van der Waals surface area contributed by atoms with Crippen molar-refractivity contribution in [3.05, 3.63) is 23.5 Å². The molecule has 0 aliphatic rings. The van der Waals surface area contributed by atoms with Crippen molar-refractivity contribution in [3.8, 4) is 0 Å². The first kappa shape index (κ1) is 13.5. The normalized spacial score (nSPS) is 12.5. The van der Waals surface area contributed by atoms with Crippen LogP contribution in [-0.2, 0) is 4.79 Å². The largest absolute Gasteiger partial charge is 0.364 e. The van der Waals surface area contributed by atoms with Crippen molar-refractivity contribution in [1.29, 1.82) is 0 Å². The summed E-state index contributed by atoms with van der Waals surface area (Å²) in [7, 11) is 0. The van der Waals surface area contributed by atoms with Crippen LogP contribution in [-0.4, -0.2) is 22.7 Å². The van der Waals surface area contributed by atoms with E-state index in [-0.39, 0.29) is 23.7 Å². The molecule has 0 fully saturated rings. The van der Waals surface area contributed by atoms with E-state index in [1.54, 1.807) is 12.3 Å². The minimum Gasteiger partial charge on any atom is -0.364 e.